The molecule has 1 heterocycles. The summed E-state index contributed by atoms with van der Waals surface area (Å²) >= 11 is 0. The van der Waals surface area contributed by atoms with Crippen LogP contribution in [0.2, 0.25) is 0 Å². The van der Waals surface area contributed by atoms with Crippen LogP contribution in [0.1, 0.15) is 36.4 Å². The highest BCUT2D eigenvalue weighted by molar-refractivity contribution is 5.73. The van der Waals surface area contributed by atoms with Crippen LogP contribution in [0.25, 0.3) is 0 Å². The summed E-state index contributed by atoms with van der Waals surface area (Å²) in [6.07, 6.45) is 2.64. The Morgan fingerprint density at radius 1 is 1.47 bits per heavy atom. The van der Waals surface area contributed by atoms with E-state index in [0.29, 0.717) is 13.0 Å². The molecule has 2 unspecified atom stereocenters. The Hall–Kier alpha value is -1.39. The summed E-state index contributed by atoms with van der Waals surface area (Å²) in [5.74, 6) is -0.760. The maximum absolute atomic E-state index is 11.0. The van der Waals surface area contributed by atoms with E-state index >= 15 is 0 Å². The number of nitrogens with one attached hydrogen (secondary N) is 1. The second-order valence-electron chi connectivity index (χ2n) is 4.49. The Kier molecular flexibility index (Phi) is 3.76. The van der Waals surface area contributed by atoms with Gasteiger partial charge < -0.3 is 10.8 Å². The van der Waals surface area contributed by atoms with Crippen molar-refractivity contribution in [2.45, 2.75) is 37.9 Å². The SMILES string of the molecule is NCc1cccc(C2CCCC(C(=O)O)N2)c1. The van der Waals surface area contributed by atoms with Crippen LogP contribution in [0.3, 0.4) is 0 Å². The summed E-state index contributed by atoms with van der Waals surface area (Å²) in [5, 5.41) is 12.2. The molecule has 1 aromatic rings. The second-order valence-corrected chi connectivity index (χ2v) is 4.49. The highest BCUT2D eigenvalue weighted by Crippen LogP contribution is 2.26. The smallest absolute Gasteiger partial charge is 0.320 e. The van der Waals surface area contributed by atoms with Crippen molar-refractivity contribution in [1.82, 2.24) is 5.32 Å². The third-order valence-corrected chi connectivity index (χ3v) is 3.28. The number of piperidine rings is 1. The van der Waals surface area contributed by atoms with Crippen LogP contribution < -0.4 is 11.1 Å². The molecule has 0 saturated carbocycles. The van der Waals surface area contributed by atoms with Gasteiger partial charge >= 0.3 is 5.97 Å². The first-order chi connectivity index (χ1) is 8.20. The monoisotopic (exact) mass is 234 g/mol. The van der Waals surface area contributed by atoms with Crippen molar-refractivity contribution >= 4 is 5.97 Å². The minimum Gasteiger partial charge on any atom is -0.480 e. The molecule has 4 heteroatoms. The number of aliphatic carboxylic acids is 1. The van der Waals surface area contributed by atoms with Gasteiger partial charge in [-0.1, -0.05) is 24.3 Å². The quantitative estimate of drug-likeness (QED) is 0.739. The Balaban J connectivity index is 2.13. The molecule has 1 fully saturated rings. The summed E-state index contributed by atoms with van der Waals surface area (Å²) in [4.78, 5) is 11.0. The molecule has 4 nitrogen and oxygen atoms in total. The zero-order valence-corrected chi connectivity index (χ0v) is 9.73. The lowest BCUT2D eigenvalue weighted by Gasteiger charge is -2.29. The molecule has 0 amide bonds. The summed E-state index contributed by atoms with van der Waals surface area (Å²) in [7, 11) is 0. The first-order valence-electron chi connectivity index (χ1n) is 5.98. The molecule has 0 aliphatic carbocycles. The molecular weight excluding hydrogens is 216 g/mol. The second kappa shape index (κ2) is 5.29. The molecule has 1 aliphatic heterocycles. The van der Waals surface area contributed by atoms with Gasteiger partial charge in [0, 0.05) is 12.6 Å². The van der Waals surface area contributed by atoms with Crippen LogP contribution in [0, 0.1) is 0 Å². The van der Waals surface area contributed by atoms with Crippen LogP contribution in [0.15, 0.2) is 24.3 Å². The van der Waals surface area contributed by atoms with Crippen molar-refractivity contribution in [2.75, 3.05) is 0 Å². The minimum atomic E-state index is -0.760. The third-order valence-electron chi connectivity index (χ3n) is 3.28. The average Bonchev–Trinajstić information content (AvgIpc) is 2.39. The Bertz CT molecular complexity index is 406. The van der Waals surface area contributed by atoms with Crippen molar-refractivity contribution in [3.05, 3.63) is 35.4 Å². The molecule has 0 bridgehead atoms. The van der Waals surface area contributed by atoms with Crippen molar-refractivity contribution in [2.24, 2.45) is 5.73 Å². The summed E-state index contributed by atoms with van der Waals surface area (Å²) in [6.45, 7) is 0.517. The standard InChI is InChI=1S/C13H18N2O2/c14-8-9-3-1-4-10(7-9)11-5-2-6-12(15-11)13(16)17/h1,3-4,7,11-12,15H,2,5-6,8,14H2,(H,16,17). The Labute approximate surface area is 101 Å². The Morgan fingerprint density at radius 3 is 3.00 bits per heavy atom. The molecule has 4 N–H and O–H groups in total. The fourth-order valence-corrected chi connectivity index (χ4v) is 2.33. The van der Waals surface area contributed by atoms with Crippen molar-refractivity contribution in [1.29, 1.82) is 0 Å². The molecule has 2 atom stereocenters. The lowest BCUT2D eigenvalue weighted by atomic mass is 9.92. The molecule has 0 spiro atoms. The number of carboxylic acids is 1. The maximum atomic E-state index is 11.0. The minimum absolute atomic E-state index is 0.136. The van der Waals surface area contributed by atoms with Gasteiger partial charge in [-0.3, -0.25) is 10.1 Å². The predicted octanol–water partition coefficient (Wildman–Crippen LogP) is 1.41. The number of rotatable bonds is 3. The number of nitrogens with two attached hydrogens (primary N) is 1. The normalized spacial score (nSPS) is 24.5. The van der Waals surface area contributed by atoms with E-state index < -0.39 is 12.0 Å². The lowest BCUT2D eigenvalue weighted by Crippen LogP contribution is -2.42. The van der Waals surface area contributed by atoms with Crippen LogP contribution in [0.4, 0.5) is 0 Å². The van der Waals surface area contributed by atoms with Crippen molar-refractivity contribution < 1.29 is 9.90 Å². The highest BCUT2D eigenvalue weighted by Gasteiger charge is 2.26. The predicted molar refractivity (Wildman–Crippen MR) is 65.5 cm³/mol. The maximum Gasteiger partial charge on any atom is 0.320 e. The van der Waals surface area contributed by atoms with Gasteiger partial charge in [0.25, 0.3) is 0 Å². The van der Waals surface area contributed by atoms with Gasteiger partial charge in [-0.2, -0.15) is 0 Å². The number of hydrogen-bond donors (Lipinski definition) is 3. The topological polar surface area (TPSA) is 75.4 Å². The van der Waals surface area contributed by atoms with Gasteiger partial charge in [-0.25, -0.2) is 0 Å². The molecule has 17 heavy (non-hydrogen) atoms. The van der Waals surface area contributed by atoms with E-state index in [1.54, 1.807) is 0 Å². The molecular formula is C13H18N2O2. The number of carbonyl (C=O) groups is 1. The zero-order valence-electron chi connectivity index (χ0n) is 9.73. The highest BCUT2D eigenvalue weighted by atomic mass is 16.4. The van der Waals surface area contributed by atoms with E-state index in [1.807, 2.05) is 18.2 Å². The van der Waals surface area contributed by atoms with Gasteiger partial charge in [-0.15, -0.1) is 0 Å². The largest absolute Gasteiger partial charge is 0.480 e. The van der Waals surface area contributed by atoms with E-state index in [1.165, 1.54) is 0 Å². The summed E-state index contributed by atoms with van der Waals surface area (Å²) < 4.78 is 0. The van der Waals surface area contributed by atoms with Gasteiger partial charge in [0.1, 0.15) is 6.04 Å². The molecule has 2 rings (SSSR count). The first-order valence-corrected chi connectivity index (χ1v) is 5.98. The third kappa shape index (κ3) is 2.84. The van der Waals surface area contributed by atoms with Gasteiger partial charge in [-0.05, 0) is 30.4 Å². The van der Waals surface area contributed by atoms with Crippen LogP contribution in [0.5, 0.6) is 0 Å². The van der Waals surface area contributed by atoms with E-state index in [0.717, 1.165) is 24.0 Å². The summed E-state index contributed by atoms with van der Waals surface area (Å²) in [6, 6.07) is 7.76. The lowest BCUT2D eigenvalue weighted by molar-refractivity contribution is -0.140. The number of benzene rings is 1. The molecule has 0 aromatic heterocycles. The Morgan fingerprint density at radius 2 is 2.29 bits per heavy atom. The van der Waals surface area contributed by atoms with E-state index in [2.05, 4.69) is 11.4 Å². The van der Waals surface area contributed by atoms with Gasteiger partial charge in [0.05, 0.1) is 0 Å². The van der Waals surface area contributed by atoms with Crippen molar-refractivity contribution in [3.8, 4) is 0 Å². The first kappa shape index (κ1) is 12.1. The fraction of sp³-hybridized carbons (Fsp3) is 0.462. The number of hydrogen-bond acceptors (Lipinski definition) is 3. The molecule has 92 valence electrons. The van der Waals surface area contributed by atoms with Gasteiger partial charge in [0.15, 0.2) is 0 Å². The van der Waals surface area contributed by atoms with Crippen LogP contribution in [-0.4, -0.2) is 17.1 Å². The number of carboxylic acid groups (broad SMARTS) is 1. The van der Waals surface area contributed by atoms with Gasteiger partial charge in [0.2, 0.25) is 0 Å². The molecule has 1 saturated heterocycles. The summed E-state index contributed by atoms with van der Waals surface area (Å²) in [5.41, 5.74) is 7.83. The van der Waals surface area contributed by atoms with Crippen LogP contribution >= 0.6 is 0 Å². The molecule has 1 aliphatic rings. The van der Waals surface area contributed by atoms with Crippen LogP contribution in [-0.2, 0) is 11.3 Å². The van der Waals surface area contributed by atoms with Crippen molar-refractivity contribution in [3.63, 3.8) is 0 Å². The van der Waals surface area contributed by atoms with E-state index in [4.69, 9.17) is 10.8 Å². The van der Waals surface area contributed by atoms with E-state index in [9.17, 15) is 4.79 Å². The zero-order chi connectivity index (χ0) is 12.3. The average molecular weight is 234 g/mol. The fourth-order valence-electron chi connectivity index (χ4n) is 2.33. The van der Waals surface area contributed by atoms with E-state index in [-0.39, 0.29) is 6.04 Å². The molecule has 0 radical (unpaired) electrons. The molecule has 1 aromatic carbocycles.